The van der Waals surface area contributed by atoms with Gasteiger partial charge in [0.15, 0.2) is 0 Å². The van der Waals surface area contributed by atoms with E-state index in [4.69, 9.17) is 17.3 Å². The van der Waals surface area contributed by atoms with Gasteiger partial charge in [-0.05, 0) is 24.3 Å². The molecule has 4 N–H and O–H groups in total. The minimum Gasteiger partial charge on any atom is -0.390 e. The first kappa shape index (κ1) is 18.1. The third kappa shape index (κ3) is 3.36. The summed E-state index contributed by atoms with van der Waals surface area (Å²) in [5.41, 5.74) is 13.5. The van der Waals surface area contributed by atoms with Crippen molar-refractivity contribution in [3.8, 4) is 5.69 Å². The molecule has 3 heterocycles. The number of rotatable bonds is 5. The highest BCUT2D eigenvalue weighted by molar-refractivity contribution is 7.94. The number of fused-ring (bicyclic) bond motifs is 1. The van der Waals surface area contributed by atoms with E-state index in [-0.39, 0.29) is 17.7 Å². The first-order valence-electron chi connectivity index (χ1n) is 7.88. The Balaban J connectivity index is 1.87. The van der Waals surface area contributed by atoms with Gasteiger partial charge in [-0.2, -0.15) is 13.7 Å². The number of nitrogens with two attached hydrogens (primary N) is 1. The van der Waals surface area contributed by atoms with Crippen LogP contribution in [-0.4, -0.2) is 27.1 Å². The van der Waals surface area contributed by atoms with Gasteiger partial charge in [0.1, 0.15) is 5.69 Å². The lowest BCUT2D eigenvalue weighted by atomic mass is 10.2. The van der Waals surface area contributed by atoms with E-state index < -0.39 is 0 Å². The highest BCUT2D eigenvalue weighted by Crippen LogP contribution is 2.30. The van der Waals surface area contributed by atoms with Gasteiger partial charge >= 0.3 is 0 Å². The van der Waals surface area contributed by atoms with E-state index in [0.29, 0.717) is 50.2 Å². The SMILES string of the molecule is Nc1scc2c(C3=CN(CCSF)NN3)nn(-c3ccc(Cl)cc3)c(=O)c12. The molecule has 140 valence electrons. The number of aromatic nitrogens is 2. The second-order valence-corrected chi connectivity index (χ2v) is 7.69. The van der Waals surface area contributed by atoms with Crippen LogP contribution in [0.5, 0.6) is 0 Å². The monoisotopic (exact) mass is 424 g/mol. The van der Waals surface area contributed by atoms with E-state index in [9.17, 15) is 8.68 Å². The first-order chi connectivity index (χ1) is 13.1. The van der Waals surface area contributed by atoms with Crippen molar-refractivity contribution in [1.82, 2.24) is 25.7 Å². The smallest absolute Gasteiger partial charge is 0.282 e. The van der Waals surface area contributed by atoms with E-state index in [1.54, 1.807) is 35.5 Å². The molecular weight excluding hydrogens is 411 g/mol. The molecule has 11 heteroatoms. The quantitative estimate of drug-likeness (QED) is 0.580. The van der Waals surface area contributed by atoms with Crippen LogP contribution in [-0.2, 0) is 0 Å². The molecule has 0 saturated carbocycles. The van der Waals surface area contributed by atoms with Gasteiger partial charge in [0.05, 0.1) is 21.8 Å². The maximum Gasteiger partial charge on any atom is 0.282 e. The van der Waals surface area contributed by atoms with Crippen molar-refractivity contribution in [2.24, 2.45) is 0 Å². The fourth-order valence-corrected chi connectivity index (χ4v) is 3.94. The largest absolute Gasteiger partial charge is 0.390 e. The van der Waals surface area contributed by atoms with Crippen molar-refractivity contribution in [1.29, 1.82) is 0 Å². The molecule has 0 fully saturated rings. The lowest BCUT2D eigenvalue weighted by molar-refractivity contribution is 0.289. The molecule has 0 atom stereocenters. The standard InChI is InChI=1S/C16H14ClFN6OS2/c17-9-1-3-10(4-2-9)24-16(25)13-11(8-26-15(13)19)14(21-24)12-7-23(22-20-12)5-6-27-18/h1-4,7-8,20,22H,5-6,19H2. The number of hydrogen-bond donors (Lipinski definition) is 3. The van der Waals surface area contributed by atoms with Crippen LogP contribution in [0, 0.1) is 0 Å². The molecule has 0 saturated heterocycles. The number of nitrogen functional groups attached to an aromatic ring is 1. The Hall–Kier alpha value is -2.27. The Morgan fingerprint density at radius 3 is 2.85 bits per heavy atom. The number of anilines is 1. The van der Waals surface area contributed by atoms with Gasteiger partial charge in [-0.15, -0.1) is 16.9 Å². The topological polar surface area (TPSA) is 88.2 Å². The molecule has 1 aromatic carbocycles. The first-order valence-corrected chi connectivity index (χ1v) is 10.0. The number of nitrogens with one attached hydrogen (secondary N) is 2. The van der Waals surface area contributed by atoms with Crippen LogP contribution in [0.3, 0.4) is 0 Å². The van der Waals surface area contributed by atoms with Crippen molar-refractivity contribution in [2.75, 3.05) is 18.0 Å². The van der Waals surface area contributed by atoms with Crippen molar-refractivity contribution < 1.29 is 3.89 Å². The maximum atomic E-state index is 13.0. The number of thiophene rings is 1. The number of nitrogens with zero attached hydrogens (tertiary/aromatic N) is 3. The average molecular weight is 425 g/mol. The summed E-state index contributed by atoms with van der Waals surface area (Å²) in [6.45, 7) is 0.462. The van der Waals surface area contributed by atoms with Gasteiger partial charge < -0.3 is 11.2 Å². The summed E-state index contributed by atoms with van der Waals surface area (Å²) in [6, 6.07) is 6.82. The molecule has 27 heavy (non-hydrogen) atoms. The molecule has 0 spiro atoms. The molecule has 1 aliphatic heterocycles. The zero-order chi connectivity index (χ0) is 19.0. The van der Waals surface area contributed by atoms with Crippen LogP contribution < -0.4 is 22.3 Å². The zero-order valence-corrected chi connectivity index (χ0v) is 16.2. The highest BCUT2D eigenvalue weighted by atomic mass is 35.5. The second-order valence-electron chi connectivity index (χ2n) is 5.72. The molecule has 0 unspecified atom stereocenters. The third-order valence-corrected chi connectivity index (χ3v) is 5.44. The van der Waals surface area contributed by atoms with Crippen LogP contribution in [0.2, 0.25) is 5.02 Å². The molecule has 0 aliphatic carbocycles. The predicted octanol–water partition coefficient (Wildman–Crippen LogP) is 2.92. The Kier molecular flexibility index (Phi) is 4.96. The summed E-state index contributed by atoms with van der Waals surface area (Å²) < 4.78 is 13.6. The molecule has 2 aromatic heterocycles. The van der Waals surface area contributed by atoms with Crippen LogP contribution in [0.25, 0.3) is 22.2 Å². The zero-order valence-electron chi connectivity index (χ0n) is 13.8. The van der Waals surface area contributed by atoms with E-state index in [1.165, 1.54) is 16.0 Å². The van der Waals surface area contributed by atoms with Gasteiger partial charge in [-0.1, -0.05) is 11.6 Å². The third-order valence-electron chi connectivity index (χ3n) is 4.04. The minimum absolute atomic E-state index is 0.269. The van der Waals surface area contributed by atoms with Crippen LogP contribution in [0.15, 0.2) is 40.6 Å². The molecule has 0 amide bonds. The van der Waals surface area contributed by atoms with Gasteiger partial charge in [0.25, 0.3) is 5.56 Å². The Labute approximate surface area is 166 Å². The van der Waals surface area contributed by atoms with Gasteiger partial charge in [-0.3, -0.25) is 9.80 Å². The number of halogens is 2. The van der Waals surface area contributed by atoms with E-state index in [1.807, 2.05) is 5.38 Å². The molecular formula is C16H14ClFN6OS2. The molecule has 0 radical (unpaired) electrons. The van der Waals surface area contributed by atoms with E-state index in [2.05, 4.69) is 16.1 Å². The fourth-order valence-electron chi connectivity index (χ4n) is 2.76. The summed E-state index contributed by atoms with van der Waals surface area (Å²) in [6.07, 6.45) is 1.78. The molecule has 0 bridgehead atoms. The van der Waals surface area contributed by atoms with Crippen molar-refractivity contribution in [2.45, 2.75) is 0 Å². The van der Waals surface area contributed by atoms with E-state index in [0.717, 1.165) is 0 Å². The average Bonchev–Trinajstić information content (AvgIpc) is 3.29. The highest BCUT2D eigenvalue weighted by Gasteiger charge is 2.21. The summed E-state index contributed by atoms with van der Waals surface area (Å²) >= 11 is 7.50. The summed E-state index contributed by atoms with van der Waals surface area (Å²) in [5, 5.41) is 10.1. The Morgan fingerprint density at radius 1 is 1.33 bits per heavy atom. The van der Waals surface area contributed by atoms with Gasteiger partial charge in [0, 0.05) is 46.4 Å². The van der Waals surface area contributed by atoms with Crippen LogP contribution >= 0.6 is 35.1 Å². The lowest BCUT2D eigenvalue weighted by Crippen LogP contribution is -2.37. The summed E-state index contributed by atoms with van der Waals surface area (Å²) in [4.78, 5) is 13.0. The van der Waals surface area contributed by atoms with E-state index >= 15 is 0 Å². The number of benzene rings is 1. The van der Waals surface area contributed by atoms with Crippen molar-refractivity contribution in [3.05, 3.63) is 56.9 Å². The Morgan fingerprint density at radius 2 is 2.11 bits per heavy atom. The minimum atomic E-state index is -0.299. The maximum absolute atomic E-state index is 13.0. The van der Waals surface area contributed by atoms with Crippen molar-refractivity contribution in [3.63, 3.8) is 0 Å². The summed E-state index contributed by atoms with van der Waals surface area (Å²) in [5.74, 6) is 0.316. The van der Waals surface area contributed by atoms with Crippen molar-refractivity contribution >= 4 is 56.6 Å². The lowest BCUT2D eigenvalue weighted by Gasteiger charge is -2.12. The predicted molar refractivity (Wildman–Crippen MR) is 109 cm³/mol. The number of hydrazine groups is 2. The fraction of sp³-hybridized carbons (Fsp3) is 0.125. The van der Waals surface area contributed by atoms with Crippen LogP contribution in [0.1, 0.15) is 5.69 Å². The summed E-state index contributed by atoms with van der Waals surface area (Å²) in [7, 11) is 0. The normalized spacial score (nSPS) is 13.9. The number of hydrogen-bond acceptors (Lipinski definition) is 8. The molecule has 7 nitrogen and oxygen atoms in total. The molecule has 1 aliphatic rings. The van der Waals surface area contributed by atoms with Gasteiger partial charge in [0.2, 0.25) is 0 Å². The van der Waals surface area contributed by atoms with Gasteiger partial charge in [-0.25, -0.2) is 0 Å². The van der Waals surface area contributed by atoms with Crippen LogP contribution in [0.4, 0.5) is 8.89 Å². The molecule has 4 rings (SSSR count). The molecule has 3 aromatic rings. The Bertz CT molecular complexity index is 1080. The second kappa shape index (κ2) is 7.39.